The van der Waals surface area contributed by atoms with Gasteiger partial charge in [-0.25, -0.2) is 0 Å². The number of alkyl halides is 1. The van der Waals surface area contributed by atoms with E-state index in [2.05, 4.69) is 15.5 Å². The van der Waals surface area contributed by atoms with Crippen molar-refractivity contribution in [1.82, 2.24) is 10.2 Å². The van der Waals surface area contributed by atoms with E-state index < -0.39 is 0 Å². The molecule has 0 aliphatic heterocycles. The second kappa shape index (κ2) is 5.24. The van der Waals surface area contributed by atoms with Crippen LogP contribution in [0.1, 0.15) is 5.56 Å². The molecule has 0 unspecified atom stereocenters. The van der Waals surface area contributed by atoms with Crippen LogP contribution < -0.4 is 5.32 Å². The Morgan fingerprint density at radius 2 is 1.74 bits per heavy atom. The Balaban J connectivity index is 2.06. The molecule has 3 aromatic rings. The van der Waals surface area contributed by atoms with Crippen LogP contribution in [0.15, 0.2) is 54.7 Å². The van der Waals surface area contributed by atoms with Gasteiger partial charge in [0.15, 0.2) is 0 Å². The van der Waals surface area contributed by atoms with Crippen molar-refractivity contribution in [2.45, 2.75) is 5.88 Å². The van der Waals surface area contributed by atoms with Crippen LogP contribution in [-0.4, -0.2) is 10.2 Å². The third-order valence-corrected chi connectivity index (χ3v) is 3.27. The van der Waals surface area contributed by atoms with Gasteiger partial charge in [-0.05, 0) is 17.7 Å². The molecule has 3 nitrogen and oxygen atoms in total. The summed E-state index contributed by atoms with van der Waals surface area (Å²) >= 11 is 5.95. The molecule has 94 valence electrons. The molecule has 0 aliphatic rings. The monoisotopic (exact) mass is 269 g/mol. The number of hydrogen-bond acceptors (Lipinski definition) is 3. The number of aromatic nitrogens is 2. The standard InChI is InChI=1S/C15H12ClN3/c16-9-11-5-1-3-7-13(11)18-15-10-17-19-14-8-4-2-6-12(14)15/h1-8,10H,9H2,(H,18,19). The summed E-state index contributed by atoms with van der Waals surface area (Å²) in [4.78, 5) is 0. The van der Waals surface area contributed by atoms with E-state index >= 15 is 0 Å². The van der Waals surface area contributed by atoms with Gasteiger partial charge in [0.25, 0.3) is 0 Å². The minimum Gasteiger partial charge on any atom is -0.353 e. The smallest absolute Gasteiger partial charge is 0.0950 e. The largest absolute Gasteiger partial charge is 0.353 e. The predicted molar refractivity (Wildman–Crippen MR) is 78.8 cm³/mol. The lowest BCUT2D eigenvalue weighted by atomic mass is 10.1. The summed E-state index contributed by atoms with van der Waals surface area (Å²) in [5, 5.41) is 12.6. The van der Waals surface area contributed by atoms with Crippen LogP contribution in [-0.2, 0) is 5.88 Å². The summed E-state index contributed by atoms with van der Waals surface area (Å²) in [5.41, 5.74) is 3.86. The maximum atomic E-state index is 5.95. The first-order valence-corrected chi connectivity index (χ1v) is 6.53. The molecule has 1 N–H and O–H groups in total. The van der Waals surface area contributed by atoms with E-state index in [-0.39, 0.29) is 0 Å². The second-order valence-electron chi connectivity index (χ2n) is 4.19. The zero-order valence-electron chi connectivity index (χ0n) is 10.2. The van der Waals surface area contributed by atoms with E-state index in [1.54, 1.807) is 6.20 Å². The highest BCUT2D eigenvalue weighted by Gasteiger charge is 2.05. The Morgan fingerprint density at radius 1 is 0.947 bits per heavy atom. The normalized spacial score (nSPS) is 10.6. The van der Waals surface area contributed by atoms with Gasteiger partial charge in [-0.3, -0.25) is 0 Å². The van der Waals surface area contributed by atoms with E-state index in [0.717, 1.165) is 27.8 Å². The fourth-order valence-corrected chi connectivity index (χ4v) is 2.24. The van der Waals surface area contributed by atoms with Gasteiger partial charge >= 0.3 is 0 Å². The third-order valence-electron chi connectivity index (χ3n) is 2.98. The zero-order chi connectivity index (χ0) is 13.1. The van der Waals surface area contributed by atoms with Gasteiger partial charge in [0.2, 0.25) is 0 Å². The molecule has 1 heterocycles. The van der Waals surface area contributed by atoms with Crippen molar-refractivity contribution < 1.29 is 0 Å². The van der Waals surface area contributed by atoms with Crippen molar-refractivity contribution in [3.05, 3.63) is 60.3 Å². The molecule has 19 heavy (non-hydrogen) atoms. The number of nitrogens with one attached hydrogen (secondary N) is 1. The van der Waals surface area contributed by atoms with Crippen LogP contribution in [0.25, 0.3) is 10.9 Å². The van der Waals surface area contributed by atoms with Gasteiger partial charge in [-0.15, -0.1) is 11.6 Å². The van der Waals surface area contributed by atoms with Crippen LogP contribution in [0.3, 0.4) is 0 Å². The Labute approximate surface area is 116 Å². The second-order valence-corrected chi connectivity index (χ2v) is 4.46. The SMILES string of the molecule is ClCc1ccccc1Nc1cnnc2ccccc12. The number of rotatable bonds is 3. The van der Waals surface area contributed by atoms with E-state index in [9.17, 15) is 0 Å². The number of halogens is 1. The van der Waals surface area contributed by atoms with Gasteiger partial charge in [-0.2, -0.15) is 10.2 Å². The molecule has 3 rings (SSSR count). The molecule has 2 aromatic carbocycles. The van der Waals surface area contributed by atoms with Gasteiger partial charge in [0.1, 0.15) is 0 Å². The van der Waals surface area contributed by atoms with Crippen molar-refractivity contribution in [1.29, 1.82) is 0 Å². The minimum atomic E-state index is 0.472. The quantitative estimate of drug-likeness (QED) is 0.727. The van der Waals surface area contributed by atoms with Crippen LogP contribution in [0, 0.1) is 0 Å². The number of benzene rings is 2. The molecule has 1 aromatic heterocycles. The van der Waals surface area contributed by atoms with E-state index in [1.165, 1.54) is 0 Å². The summed E-state index contributed by atoms with van der Waals surface area (Å²) in [7, 11) is 0. The highest BCUT2D eigenvalue weighted by molar-refractivity contribution is 6.17. The Bertz CT molecular complexity index is 707. The summed E-state index contributed by atoms with van der Waals surface area (Å²) in [5.74, 6) is 0.472. The topological polar surface area (TPSA) is 37.8 Å². The number of nitrogens with zero attached hydrogens (tertiary/aromatic N) is 2. The lowest BCUT2D eigenvalue weighted by Gasteiger charge is -2.11. The molecule has 0 saturated heterocycles. The Kier molecular flexibility index (Phi) is 3.29. The third kappa shape index (κ3) is 2.37. The lowest BCUT2D eigenvalue weighted by Crippen LogP contribution is -1.97. The molecular weight excluding hydrogens is 258 g/mol. The average Bonchev–Trinajstić information content (AvgIpc) is 2.48. The van der Waals surface area contributed by atoms with E-state index in [0.29, 0.717) is 5.88 Å². The molecule has 0 radical (unpaired) electrons. The average molecular weight is 270 g/mol. The fourth-order valence-electron chi connectivity index (χ4n) is 2.01. The molecular formula is C15H12ClN3. The Morgan fingerprint density at radius 3 is 2.63 bits per heavy atom. The van der Waals surface area contributed by atoms with Gasteiger partial charge in [0.05, 0.1) is 17.4 Å². The number of hydrogen-bond donors (Lipinski definition) is 1. The molecule has 0 aliphatic carbocycles. The van der Waals surface area contributed by atoms with Crippen LogP contribution in [0.5, 0.6) is 0 Å². The number of fused-ring (bicyclic) bond motifs is 1. The highest BCUT2D eigenvalue weighted by atomic mass is 35.5. The Hall–Kier alpha value is -2.13. The summed E-state index contributed by atoms with van der Waals surface area (Å²) in [6, 6.07) is 15.9. The predicted octanol–water partition coefficient (Wildman–Crippen LogP) is 4.11. The fraction of sp³-hybridized carbons (Fsp3) is 0.0667. The first kappa shape index (κ1) is 11.9. The van der Waals surface area contributed by atoms with Crippen LogP contribution >= 0.6 is 11.6 Å². The molecule has 0 amide bonds. The van der Waals surface area contributed by atoms with E-state index in [4.69, 9.17) is 11.6 Å². The molecule has 0 bridgehead atoms. The van der Waals surface area contributed by atoms with Gasteiger partial charge < -0.3 is 5.32 Å². The van der Waals surface area contributed by atoms with Crippen molar-refractivity contribution in [3.8, 4) is 0 Å². The first-order chi connectivity index (χ1) is 9.38. The van der Waals surface area contributed by atoms with Crippen LogP contribution in [0.4, 0.5) is 11.4 Å². The van der Waals surface area contributed by atoms with Crippen molar-refractivity contribution in [2.75, 3.05) is 5.32 Å². The number of anilines is 2. The molecule has 0 saturated carbocycles. The first-order valence-electron chi connectivity index (χ1n) is 6.00. The van der Waals surface area contributed by atoms with Gasteiger partial charge in [-0.1, -0.05) is 36.4 Å². The van der Waals surface area contributed by atoms with Crippen molar-refractivity contribution >= 4 is 33.9 Å². The van der Waals surface area contributed by atoms with Crippen LogP contribution in [0.2, 0.25) is 0 Å². The molecule has 0 atom stereocenters. The molecule has 4 heteroatoms. The van der Waals surface area contributed by atoms with Crippen molar-refractivity contribution in [3.63, 3.8) is 0 Å². The van der Waals surface area contributed by atoms with Gasteiger partial charge in [0, 0.05) is 17.0 Å². The maximum absolute atomic E-state index is 5.95. The lowest BCUT2D eigenvalue weighted by molar-refractivity contribution is 1.08. The molecule has 0 fully saturated rings. The zero-order valence-corrected chi connectivity index (χ0v) is 10.9. The maximum Gasteiger partial charge on any atom is 0.0950 e. The van der Waals surface area contributed by atoms with Crippen molar-refractivity contribution in [2.24, 2.45) is 0 Å². The summed E-state index contributed by atoms with van der Waals surface area (Å²) in [6.07, 6.45) is 1.73. The summed E-state index contributed by atoms with van der Waals surface area (Å²) in [6.45, 7) is 0. The number of para-hydroxylation sites is 1. The van der Waals surface area contributed by atoms with E-state index in [1.807, 2.05) is 48.5 Å². The molecule has 0 spiro atoms. The summed E-state index contributed by atoms with van der Waals surface area (Å²) < 4.78 is 0. The highest BCUT2D eigenvalue weighted by Crippen LogP contribution is 2.26. The minimum absolute atomic E-state index is 0.472.